The van der Waals surface area contributed by atoms with Crippen LogP contribution in [0.3, 0.4) is 0 Å². The van der Waals surface area contributed by atoms with Gasteiger partial charge in [-0.2, -0.15) is 0 Å². The molecule has 0 saturated carbocycles. The number of esters is 1. The third kappa shape index (κ3) is 7.50. The minimum Gasteiger partial charge on any atom is -0.489 e. The Bertz CT molecular complexity index is 1290. The first-order chi connectivity index (χ1) is 18.6. The molecule has 1 atom stereocenters. The summed E-state index contributed by atoms with van der Waals surface area (Å²) in [7, 11) is 0. The molecule has 4 rings (SSSR count). The highest BCUT2D eigenvalue weighted by molar-refractivity contribution is 6.13. The Balaban J connectivity index is 1.47. The SMILES string of the molecule is CCOC(=O)C(CCC(=O)c1ccc(OCc2ccccc2)cc1)N=C(c1ccccc1)c1ccccc1. The van der Waals surface area contributed by atoms with Gasteiger partial charge in [0, 0.05) is 23.1 Å². The van der Waals surface area contributed by atoms with Crippen LogP contribution in [0.15, 0.2) is 120 Å². The molecule has 0 spiro atoms. The van der Waals surface area contributed by atoms with Crippen LogP contribution in [0.1, 0.15) is 46.8 Å². The number of rotatable bonds is 12. The molecular formula is C33H31NO4. The summed E-state index contributed by atoms with van der Waals surface area (Å²) in [5, 5.41) is 0. The van der Waals surface area contributed by atoms with E-state index in [1.807, 2.05) is 91.0 Å². The van der Waals surface area contributed by atoms with Gasteiger partial charge in [-0.05, 0) is 43.2 Å². The number of ether oxygens (including phenoxy) is 2. The maximum absolute atomic E-state index is 13.0. The van der Waals surface area contributed by atoms with E-state index in [0.29, 0.717) is 23.6 Å². The number of nitrogens with zero attached hydrogens (tertiary/aromatic N) is 1. The highest BCUT2D eigenvalue weighted by Crippen LogP contribution is 2.19. The number of benzene rings is 4. The fraction of sp³-hybridized carbons (Fsp3) is 0.182. The minimum atomic E-state index is -0.803. The van der Waals surface area contributed by atoms with Crippen LogP contribution < -0.4 is 4.74 Å². The number of aliphatic imine (C=N–C) groups is 1. The second-order valence-corrected chi connectivity index (χ2v) is 8.74. The minimum absolute atomic E-state index is 0.0647. The van der Waals surface area contributed by atoms with Gasteiger partial charge in [-0.1, -0.05) is 91.0 Å². The van der Waals surface area contributed by atoms with Crippen LogP contribution in [0, 0.1) is 0 Å². The molecular weight excluding hydrogens is 474 g/mol. The molecule has 4 aromatic carbocycles. The summed E-state index contributed by atoms with van der Waals surface area (Å²) in [5.41, 5.74) is 4.12. The Kier molecular flexibility index (Phi) is 9.57. The summed E-state index contributed by atoms with van der Waals surface area (Å²) in [4.78, 5) is 30.7. The molecule has 0 aliphatic heterocycles. The Morgan fingerprint density at radius 3 is 1.82 bits per heavy atom. The number of hydrogen-bond donors (Lipinski definition) is 0. The molecule has 0 bridgehead atoms. The van der Waals surface area contributed by atoms with E-state index in [4.69, 9.17) is 14.5 Å². The Morgan fingerprint density at radius 2 is 1.26 bits per heavy atom. The van der Waals surface area contributed by atoms with Crippen molar-refractivity contribution in [3.05, 3.63) is 138 Å². The van der Waals surface area contributed by atoms with E-state index in [2.05, 4.69) is 0 Å². The van der Waals surface area contributed by atoms with Crippen molar-refractivity contribution in [3.8, 4) is 5.75 Å². The van der Waals surface area contributed by atoms with Crippen LogP contribution in [-0.2, 0) is 16.1 Å². The van der Waals surface area contributed by atoms with Crippen molar-refractivity contribution in [1.82, 2.24) is 0 Å². The van der Waals surface area contributed by atoms with Gasteiger partial charge in [-0.15, -0.1) is 0 Å². The van der Waals surface area contributed by atoms with Crippen molar-refractivity contribution in [2.24, 2.45) is 4.99 Å². The summed E-state index contributed by atoms with van der Waals surface area (Å²) in [6.07, 6.45) is 0.404. The van der Waals surface area contributed by atoms with Crippen molar-refractivity contribution in [2.45, 2.75) is 32.4 Å². The average Bonchev–Trinajstić information content (AvgIpc) is 2.98. The molecule has 0 heterocycles. The highest BCUT2D eigenvalue weighted by atomic mass is 16.5. The molecule has 38 heavy (non-hydrogen) atoms. The standard InChI is InChI=1S/C33H31NO4/c1-2-37-33(36)30(34-32(27-14-8-4-9-15-27)28-16-10-5-11-17-28)22-23-31(35)26-18-20-29(21-19-26)38-24-25-12-6-3-7-13-25/h3-21,30H,2,22-24H2,1H3. The lowest BCUT2D eigenvalue weighted by Crippen LogP contribution is -2.25. The zero-order valence-corrected chi connectivity index (χ0v) is 21.5. The van der Waals surface area contributed by atoms with Gasteiger partial charge in [0.05, 0.1) is 12.3 Å². The van der Waals surface area contributed by atoms with Crippen molar-refractivity contribution in [2.75, 3.05) is 6.61 Å². The van der Waals surface area contributed by atoms with E-state index in [-0.39, 0.29) is 25.2 Å². The van der Waals surface area contributed by atoms with Crippen molar-refractivity contribution >= 4 is 17.5 Å². The molecule has 0 radical (unpaired) electrons. The lowest BCUT2D eigenvalue weighted by molar-refractivity contribution is -0.144. The molecule has 0 fully saturated rings. The molecule has 5 nitrogen and oxygen atoms in total. The predicted molar refractivity (Wildman–Crippen MR) is 150 cm³/mol. The van der Waals surface area contributed by atoms with Crippen molar-refractivity contribution in [1.29, 1.82) is 0 Å². The molecule has 192 valence electrons. The van der Waals surface area contributed by atoms with E-state index in [1.54, 1.807) is 31.2 Å². The molecule has 0 aromatic heterocycles. The van der Waals surface area contributed by atoms with Crippen LogP contribution in [0.25, 0.3) is 0 Å². The van der Waals surface area contributed by atoms with Crippen LogP contribution in [0.2, 0.25) is 0 Å². The highest BCUT2D eigenvalue weighted by Gasteiger charge is 2.22. The smallest absolute Gasteiger partial charge is 0.330 e. The third-order valence-corrected chi connectivity index (χ3v) is 6.01. The lowest BCUT2D eigenvalue weighted by Gasteiger charge is -2.15. The van der Waals surface area contributed by atoms with Crippen LogP contribution >= 0.6 is 0 Å². The lowest BCUT2D eigenvalue weighted by atomic mass is 10.00. The van der Waals surface area contributed by atoms with Gasteiger partial charge in [0.2, 0.25) is 0 Å². The van der Waals surface area contributed by atoms with Crippen molar-refractivity contribution < 1.29 is 19.1 Å². The summed E-state index contributed by atoms with van der Waals surface area (Å²) >= 11 is 0. The first kappa shape index (κ1) is 26.6. The molecule has 1 unspecified atom stereocenters. The molecule has 0 aliphatic rings. The fourth-order valence-corrected chi connectivity index (χ4v) is 4.03. The van der Waals surface area contributed by atoms with E-state index >= 15 is 0 Å². The van der Waals surface area contributed by atoms with Gasteiger partial charge in [0.25, 0.3) is 0 Å². The Morgan fingerprint density at radius 1 is 0.711 bits per heavy atom. The van der Waals surface area contributed by atoms with Crippen LogP contribution in [0.5, 0.6) is 5.75 Å². The van der Waals surface area contributed by atoms with E-state index in [0.717, 1.165) is 16.7 Å². The Labute approximate surface area is 223 Å². The largest absolute Gasteiger partial charge is 0.489 e. The zero-order valence-electron chi connectivity index (χ0n) is 21.5. The first-order valence-corrected chi connectivity index (χ1v) is 12.8. The zero-order chi connectivity index (χ0) is 26.6. The van der Waals surface area contributed by atoms with E-state index in [1.165, 1.54) is 0 Å². The number of carbonyl (C=O) groups excluding carboxylic acids is 2. The van der Waals surface area contributed by atoms with Gasteiger partial charge in [-0.3, -0.25) is 9.79 Å². The normalized spacial score (nSPS) is 11.3. The van der Waals surface area contributed by atoms with Gasteiger partial charge in [-0.25, -0.2) is 4.79 Å². The first-order valence-electron chi connectivity index (χ1n) is 12.8. The molecule has 0 saturated heterocycles. The van der Waals surface area contributed by atoms with Gasteiger partial charge < -0.3 is 9.47 Å². The third-order valence-electron chi connectivity index (χ3n) is 6.01. The predicted octanol–water partition coefficient (Wildman–Crippen LogP) is 6.70. The molecule has 0 aliphatic carbocycles. The molecule has 0 N–H and O–H groups in total. The fourth-order valence-electron chi connectivity index (χ4n) is 4.03. The number of Topliss-reactive ketones (excluding diaryl/α,β-unsaturated/α-hetero) is 1. The van der Waals surface area contributed by atoms with Crippen LogP contribution in [-0.4, -0.2) is 30.1 Å². The summed E-state index contributed by atoms with van der Waals surface area (Å²) in [6.45, 7) is 2.47. The summed E-state index contributed by atoms with van der Waals surface area (Å²) < 4.78 is 11.1. The monoisotopic (exact) mass is 505 g/mol. The topological polar surface area (TPSA) is 65.0 Å². The van der Waals surface area contributed by atoms with Crippen molar-refractivity contribution in [3.63, 3.8) is 0 Å². The quantitative estimate of drug-likeness (QED) is 0.122. The number of hydrogen-bond acceptors (Lipinski definition) is 5. The summed E-state index contributed by atoms with van der Waals surface area (Å²) in [6, 6.07) is 35.6. The van der Waals surface area contributed by atoms with E-state index < -0.39 is 12.0 Å². The maximum atomic E-state index is 13.0. The van der Waals surface area contributed by atoms with Gasteiger partial charge >= 0.3 is 5.97 Å². The molecule has 5 heteroatoms. The van der Waals surface area contributed by atoms with Crippen LogP contribution in [0.4, 0.5) is 0 Å². The second kappa shape index (κ2) is 13.7. The molecule has 0 amide bonds. The van der Waals surface area contributed by atoms with Gasteiger partial charge in [0.1, 0.15) is 18.4 Å². The average molecular weight is 506 g/mol. The molecule has 4 aromatic rings. The second-order valence-electron chi connectivity index (χ2n) is 8.74. The Hall–Kier alpha value is -4.51. The summed E-state index contributed by atoms with van der Waals surface area (Å²) in [5.74, 6) is 0.189. The van der Waals surface area contributed by atoms with E-state index in [9.17, 15) is 9.59 Å². The number of ketones is 1. The number of carbonyl (C=O) groups is 2. The maximum Gasteiger partial charge on any atom is 0.330 e. The van der Waals surface area contributed by atoms with Gasteiger partial charge in [0.15, 0.2) is 5.78 Å².